The van der Waals surface area contributed by atoms with Gasteiger partial charge < -0.3 is 14.4 Å². The molecule has 3 nitrogen and oxygen atoms in total. The first-order valence-electron chi connectivity index (χ1n) is 20.2. The van der Waals surface area contributed by atoms with Crippen molar-refractivity contribution < 1.29 is 0 Å². The van der Waals surface area contributed by atoms with Crippen molar-refractivity contribution in [3.05, 3.63) is 247 Å². The fourth-order valence-corrected chi connectivity index (χ4v) is 11.0. The van der Waals surface area contributed by atoms with Crippen molar-refractivity contribution in [1.82, 2.24) is 4.57 Å². The summed E-state index contributed by atoms with van der Waals surface area (Å²) in [5.74, 6) is 0. The maximum absolute atomic E-state index is 2.53. The third-order valence-electron chi connectivity index (χ3n) is 12.2. The summed E-state index contributed by atoms with van der Waals surface area (Å²) < 4.78 is 2.46. The Balaban J connectivity index is 1.10. The van der Waals surface area contributed by atoms with E-state index >= 15 is 0 Å². The predicted molar refractivity (Wildman–Crippen MR) is 246 cm³/mol. The number of anilines is 6. The van der Waals surface area contributed by atoms with Gasteiger partial charge in [0.05, 0.1) is 27.8 Å². The van der Waals surface area contributed by atoms with Crippen molar-refractivity contribution in [2.75, 3.05) is 9.80 Å². The van der Waals surface area contributed by atoms with Crippen molar-refractivity contribution in [2.24, 2.45) is 0 Å². The maximum atomic E-state index is 2.53. The Hall–Kier alpha value is -7.27. The summed E-state index contributed by atoms with van der Waals surface area (Å²) in [6.07, 6.45) is 0. The molecule has 0 bridgehead atoms. The van der Waals surface area contributed by atoms with Gasteiger partial charge >= 0.3 is 0 Å². The van der Waals surface area contributed by atoms with Gasteiger partial charge in [-0.05, 0) is 119 Å². The smallest absolute Gasteiger partial charge is 0.0764 e. The van der Waals surface area contributed by atoms with Gasteiger partial charge in [-0.25, -0.2) is 0 Å². The van der Waals surface area contributed by atoms with Crippen LogP contribution in [0.2, 0.25) is 0 Å². The molecule has 1 spiro atoms. The summed E-state index contributed by atoms with van der Waals surface area (Å²) in [7, 11) is 0. The highest BCUT2D eigenvalue weighted by molar-refractivity contribution is 7.99. The van der Waals surface area contributed by atoms with Crippen LogP contribution in [0.4, 0.5) is 34.1 Å². The maximum Gasteiger partial charge on any atom is 0.0764 e. The van der Waals surface area contributed by atoms with Crippen LogP contribution in [-0.2, 0) is 5.41 Å². The first-order chi connectivity index (χ1) is 29.3. The van der Waals surface area contributed by atoms with E-state index in [9.17, 15) is 0 Å². The van der Waals surface area contributed by atoms with E-state index in [-0.39, 0.29) is 0 Å². The lowest BCUT2D eigenvalue weighted by Crippen LogP contribution is -2.39. The third-order valence-corrected chi connectivity index (χ3v) is 13.3. The van der Waals surface area contributed by atoms with Gasteiger partial charge in [0.2, 0.25) is 0 Å². The van der Waals surface area contributed by atoms with Gasteiger partial charge in [0.1, 0.15) is 0 Å². The lowest BCUT2D eigenvalue weighted by molar-refractivity contribution is 0.693. The van der Waals surface area contributed by atoms with E-state index in [1.54, 1.807) is 0 Å². The molecule has 0 amide bonds. The largest absolute Gasteiger partial charge is 0.311 e. The number of fused-ring (bicyclic) bond motifs is 11. The monoisotopic (exact) mass is 771 g/mol. The highest BCUT2D eigenvalue weighted by atomic mass is 32.2. The van der Waals surface area contributed by atoms with Crippen molar-refractivity contribution >= 4 is 67.7 Å². The zero-order valence-corrected chi connectivity index (χ0v) is 32.9. The molecule has 10 aromatic rings. The zero-order valence-electron chi connectivity index (χ0n) is 32.1. The van der Waals surface area contributed by atoms with Gasteiger partial charge in [-0.1, -0.05) is 139 Å². The number of hydrogen-bond acceptors (Lipinski definition) is 3. The van der Waals surface area contributed by atoms with Crippen molar-refractivity contribution in [1.29, 1.82) is 0 Å². The van der Waals surface area contributed by atoms with Crippen LogP contribution in [0, 0.1) is 0 Å². The Labute approximate surface area is 348 Å². The highest BCUT2D eigenvalue weighted by Gasteiger charge is 2.50. The van der Waals surface area contributed by atoms with Crippen LogP contribution in [0.5, 0.6) is 0 Å². The van der Waals surface area contributed by atoms with E-state index in [0.717, 1.165) is 28.4 Å². The molecule has 0 saturated carbocycles. The Morgan fingerprint density at radius 1 is 0.356 bits per heavy atom. The average Bonchev–Trinajstić information content (AvgIpc) is 3.63. The average molecular weight is 772 g/mol. The molecule has 4 heteroatoms. The minimum absolute atomic E-state index is 0.549. The molecule has 0 saturated heterocycles. The SMILES string of the molecule is c1ccc(N(c2ccccc2)c2ccc(-n3c4ccccc4c4cc5c(cc43)Sc3ccccc3C53c4ccccc4N(c4ccccc4)c4ccccc43)cc2)cc1. The standard InChI is InChI=1S/C55H37N3S/c1-4-18-38(19-5-1)56(39-20-6-2-7-21-39)41-32-34-42(35-33-41)57-49-28-14-10-24-43(49)44-36-48-54(37-52(44)57)59-53-31-17-13-27-47(53)55(48)45-25-11-15-29-50(45)58(40-22-8-3-9-23-40)51-30-16-12-26-46(51)55/h1-37H. The minimum atomic E-state index is -0.549. The number of para-hydroxylation sites is 6. The molecule has 3 heterocycles. The summed E-state index contributed by atoms with van der Waals surface area (Å²) in [6.45, 7) is 0. The summed E-state index contributed by atoms with van der Waals surface area (Å²) in [6, 6.07) is 82.1. The first kappa shape index (κ1) is 33.8. The van der Waals surface area contributed by atoms with Gasteiger partial charge in [-0.2, -0.15) is 0 Å². The molecule has 0 aliphatic carbocycles. The molecular formula is C55H37N3S. The third kappa shape index (κ3) is 5.03. The molecule has 0 radical (unpaired) electrons. The quantitative estimate of drug-likeness (QED) is 0.173. The fourth-order valence-electron chi connectivity index (χ4n) is 9.81. The Morgan fingerprint density at radius 3 is 1.54 bits per heavy atom. The summed E-state index contributed by atoms with van der Waals surface area (Å²) in [5.41, 5.74) is 15.1. The van der Waals surface area contributed by atoms with E-state index in [0.29, 0.717) is 0 Å². The van der Waals surface area contributed by atoms with Gasteiger partial charge in [-0.15, -0.1) is 0 Å². The second-order valence-corrected chi connectivity index (χ2v) is 16.4. The first-order valence-corrected chi connectivity index (χ1v) is 21.0. The molecule has 2 aliphatic heterocycles. The van der Waals surface area contributed by atoms with Crippen molar-refractivity contribution in [2.45, 2.75) is 15.2 Å². The van der Waals surface area contributed by atoms with Crippen molar-refractivity contribution in [3.8, 4) is 5.69 Å². The topological polar surface area (TPSA) is 11.4 Å². The van der Waals surface area contributed by atoms with E-state index in [1.165, 1.54) is 65.2 Å². The summed E-state index contributed by atoms with van der Waals surface area (Å²) in [5, 5.41) is 2.49. The molecule has 0 fully saturated rings. The van der Waals surface area contributed by atoms with E-state index in [4.69, 9.17) is 0 Å². The number of benzene rings is 9. The molecule has 12 rings (SSSR count). The van der Waals surface area contributed by atoms with Gasteiger partial charge in [0.15, 0.2) is 0 Å². The van der Waals surface area contributed by atoms with Crippen LogP contribution in [0.25, 0.3) is 27.5 Å². The van der Waals surface area contributed by atoms with Crippen LogP contribution < -0.4 is 9.80 Å². The van der Waals surface area contributed by atoms with E-state index in [1.807, 2.05) is 11.8 Å². The Kier molecular flexibility index (Phi) is 7.69. The molecule has 0 atom stereocenters. The molecule has 0 N–H and O–H groups in total. The Bertz CT molecular complexity index is 3100. The second-order valence-electron chi connectivity index (χ2n) is 15.3. The zero-order chi connectivity index (χ0) is 38.9. The van der Waals surface area contributed by atoms with E-state index < -0.39 is 5.41 Å². The predicted octanol–water partition coefficient (Wildman–Crippen LogP) is 14.9. The second kappa shape index (κ2) is 13.4. The van der Waals surface area contributed by atoms with Crippen LogP contribution in [0.3, 0.4) is 0 Å². The van der Waals surface area contributed by atoms with Gasteiger partial charge in [0, 0.05) is 49.0 Å². The summed E-state index contributed by atoms with van der Waals surface area (Å²) >= 11 is 1.89. The number of rotatable bonds is 5. The van der Waals surface area contributed by atoms with Crippen LogP contribution in [0.15, 0.2) is 234 Å². The molecule has 9 aromatic carbocycles. The number of aromatic nitrogens is 1. The highest BCUT2D eigenvalue weighted by Crippen LogP contribution is 2.63. The molecule has 1 aromatic heterocycles. The molecule has 59 heavy (non-hydrogen) atoms. The van der Waals surface area contributed by atoms with Gasteiger partial charge in [-0.3, -0.25) is 0 Å². The van der Waals surface area contributed by atoms with E-state index in [2.05, 4.69) is 239 Å². The number of hydrogen-bond donors (Lipinski definition) is 0. The molecular weight excluding hydrogens is 735 g/mol. The molecule has 278 valence electrons. The van der Waals surface area contributed by atoms with Crippen molar-refractivity contribution in [3.63, 3.8) is 0 Å². The fraction of sp³-hybridized carbons (Fsp3) is 0.0182. The van der Waals surface area contributed by atoms with Crippen LogP contribution in [-0.4, -0.2) is 4.57 Å². The van der Waals surface area contributed by atoms with Gasteiger partial charge in [0.25, 0.3) is 0 Å². The lowest BCUT2D eigenvalue weighted by atomic mass is 9.62. The normalized spacial score (nSPS) is 13.5. The molecule has 0 unspecified atom stereocenters. The van der Waals surface area contributed by atoms with Crippen LogP contribution >= 0.6 is 11.8 Å². The minimum Gasteiger partial charge on any atom is -0.311 e. The molecule has 2 aliphatic rings. The van der Waals surface area contributed by atoms with Crippen LogP contribution in [0.1, 0.15) is 22.3 Å². The number of nitrogens with zero attached hydrogens (tertiary/aromatic N) is 3. The Morgan fingerprint density at radius 2 is 0.881 bits per heavy atom. The summed E-state index contributed by atoms with van der Waals surface area (Å²) in [4.78, 5) is 7.32. The lowest BCUT2D eigenvalue weighted by Gasteiger charge is -2.49.